The number of hydrogen-bond donors (Lipinski definition) is 1. The molecule has 0 bridgehead atoms. The summed E-state index contributed by atoms with van der Waals surface area (Å²) in [5.41, 5.74) is 1.53. The Morgan fingerprint density at radius 3 is 2.45 bits per heavy atom. The van der Waals surface area contributed by atoms with Crippen LogP contribution in [0.2, 0.25) is 0 Å². The molecule has 2 aliphatic rings. The Kier molecular flexibility index (Phi) is 6.93. The second-order valence-corrected chi connectivity index (χ2v) is 12.7. The minimum absolute atomic E-state index is 0. The number of aryl methyl sites for hydroxylation is 1. The Morgan fingerprint density at radius 1 is 1.14 bits per heavy atom. The first-order valence-corrected chi connectivity index (χ1v) is 13.1. The van der Waals surface area contributed by atoms with E-state index < -0.39 is 9.84 Å². The Morgan fingerprint density at radius 2 is 1.79 bits per heavy atom. The predicted octanol–water partition coefficient (Wildman–Crippen LogP) is 4.77. The van der Waals surface area contributed by atoms with Crippen LogP contribution in [0.25, 0.3) is 10.2 Å². The number of halogens is 1. The van der Waals surface area contributed by atoms with Crippen LogP contribution >= 0.6 is 23.7 Å². The summed E-state index contributed by atoms with van der Waals surface area (Å²) in [7, 11) is -2.82. The van der Waals surface area contributed by atoms with Gasteiger partial charge < -0.3 is 5.32 Å². The van der Waals surface area contributed by atoms with Gasteiger partial charge in [0.05, 0.1) is 17.2 Å². The summed E-state index contributed by atoms with van der Waals surface area (Å²) in [6.07, 6.45) is 6.49. The van der Waals surface area contributed by atoms with Gasteiger partial charge in [0.15, 0.2) is 0 Å². The van der Waals surface area contributed by atoms with Gasteiger partial charge in [0, 0.05) is 22.8 Å². The third-order valence-corrected chi connectivity index (χ3v) is 9.36. The van der Waals surface area contributed by atoms with E-state index in [4.69, 9.17) is 9.97 Å². The van der Waals surface area contributed by atoms with Crippen LogP contribution < -0.4 is 5.32 Å². The molecule has 5 nitrogen and oxygen atoms in total. The lowest BCUT2D eigenvalue weighted by atomic mass is 9.73. The number of sulfone groups is 1. The third kappa shape index (κ3) is 5.49. The molecule has 4 rings (SSSR count). The average Bonchev–Trinajstić information content (AvgIpc) is 3.04. The van der Waals surface area contributed by atoms with Gasteiger partial charge >= 0.3 is 0 Å². The fourth-order valence-corrected chi connectivity index (χ4v) is 7.23. The van der Waals surface area contributed by atoms with Crippen LogP contribution in [-0.4, -0.2) is 35.9 Å². The van der Waals surface area contributed by atoms with Crippen molar-refractivity contribution in [3.05, 3.63) is 22.5 Å². The highest BCUT2D eigenvalue weighted by Crippen LogP contribution is 2.45. The SMILES string of the molecule is Cc1nc(CNC2CCS(=O)(=O)CC2)c2cc(C3CCC(C)(C)CC3)sc2n1.Cl. The Bertz CT molecular complexity index is 948. The van der Waals surface area contributed by atoms with Gasteiger partial charge in [-0.15, -0.1) is 23.7 Å². The molecule has 0 aromatic carbocycles. The summed E-state index contributed by atoms with van der Waals surface area (Å²) in [5.74, 6) is 2.05. The molecule has 1 saturated carbocycles. The molecule has 29 heavy (non-hydrogen) atoms. The van der Waals surface area contributed by atoms with Crippen molar-refractivity contribution in [1.29, 1.82) is 0 Å². The largest absolute Gasteiger partial charge is 0.308 e. The van der Waals surface area contributed by atoms with Crippen LogP contribution in [0.4, 0.5) is 0 Å². The van der Waals surface area contributed by atoms with E-state index in [1.54, 1.807) is 0 Å². The van der Waals surface area contributed by atoms with Crippen LogP contribution in [0.5, 0.6) is 0 Å². The summed E-state index contributed by atoms with van der Waals surface area (Å²) in [5, 5.41) is 4.72. The first-order chi connectivity index (χ1) is 13.2. The van der Waals surface area contributed by atoms with E-state index in [0.29, 0.717) is 42.2 Å². The van der Waals surface area contributed by atoms with Crippen molar-refractivity contribution in [3.63, 3.8) is 0 Å². The molecule has 2 aromatic rings. The summed E-state index contributed by atoms with van der Waals surface area (Å²) >= 11 is 1.84. The highest BCUT2D eigenvalue weighted by Gasteiger charge is 2.29. The van der Waals surface area contributed by atoms with Gasteiger partial charge in [-0.2, -0.15) is 0 Å². The summed E-state index contributed by atoms with van der Waals surface area (Å²) in [6.45, 7) is 7.39. The lowest BCUT2D eigenvalue weighted by Crippen LogP contribution is -2.37. The average molecular weight is 458 g/mol. The van der Waals surface area contributed by atoms with Crippen LogP contribution in [0.1, 0.15) is 74.7 Å². The molecule has 2 fully saturated rings. The predicted molar refractivity (Wildman–Crippen MR) is 123 cm³/mol. The van der Waals surface area contributed by atoms with Crippen molar-refractivity contribution in [1.82, 2.24) is 15.3 Å². The molecule has 1 saturated heterocycles. The van der Waals surface area contributed by atoms with Crippen LogP contribution in [0, 0.1) is 12.3 Å². The number of nitrogens with one attached hydrogen (secondary N) is 1. The molecule has 162 valence electrons. The minimum Gasteiger partial charge on any atom is -0.308 e. The number of fused-ring (bicyclic) bond motifs is 1. The van der Waals surface area contributed by atoms with Crippen molar-refractivity contribution in [2.45, 2.75) is 77.8 Å². The Balaban J connectivity index is 0.00000240. The van der Waals surface area contributed by atoms with E-state index in [-0.39, 0.29) is 18.4 Å². The molecule has 0 amide bonds. The molecule has 1 N–H and O–H groups in total. The lowest BCUT2D eigenvalue weighted by Gasteiger charge is -2.33. The number of thiophene rings is 1. The topological polar surface area (TPSA) is 72.0 Å². The van der Waals surface area contributed by atoms with E-state index in [1.165, 1.54) is 35.9 Å². The molecule has 2 aromatic heterocycles. The molecule has 3 heterocycles. The molecule has 1 aliphatic carbocycles. The number of rotatable bonds is 4. The zero-order chi connectivity index (χ0) is 19.9. The lowest BCUT2D eigenvalue weighted by molar-refractivity contribution is 0.226. The zero-order valence-electron chi connectivity index (χ0n) is 17.5. The molecule has 0 radical (unpaired) electrons. The Labute approximate surface area is 184 Å². The quantitative estimate of drug-likeness (QED) is 0.715. The minimum atomic E-state index is -2.82. The second-order valence-electron chi connectivity index (χ2n) is 9.33. The number of hydrogen-bond acceptors (Lipinski definition) is 6. The van der Waals surface area contributed by atoms with Gasteiger partial charge in [-0.05, 0) is 62.8 Å². The van der Waals surface area contributed by atoms with Crippen LogP contribution in [0.3, 0.4) is 0 Å². The van der Waals surface area contributed by atoms with Gasteiger partial charge in [0.25, 0.3) is 0 Å². The van der Waals surface area contributed by atoms with Gasteiger partial charge in [0.1, 0.15) is 20.5 Å². The second kappa shape index (κ2) is 8.77. The van der Waals surface area contributed by atoms with E-state index >= 15 is 0 Å². The summed E-state index contributed by atoms with van der Waals surface area (Å²) in [4.78, 5) is 12.0. The molecular weight excluding hydrogens is 426 g/mol. The van der Waals surface area contributed by atoms with Crippen molar-refractivity contribution >= 4 is 43.8 Å². The molecule has 0 atom stereocenters. The van der Waals surface area contributed by atoms with Crippen molar-refractivity contribution in [3.8, 4) is 0 Å². The van der Waals surface area contributed by atoms with Gasteiger partial charge in [-0.25, -0.2) is 18.4 Å². The maximum Gasteiger partial charge on any atom is 0.150 e. The molecule has 0 unspecified atom stereocenters. The number of aromatic nitrogens is 2. The fourth-order valence-electron chi connectivity index (χ4n) is 4.47. The summed E-state index contributed by atoms with van der Waals surface area (Å²) < 4.78 is 23.3. The van der Waals surface area contributed by atoms with Crippen molar-refractivity contribution < 1.29 is 8.42 Å². The van der Waals surface area contributed by atoms with E-state index in [9.17, 15) is 8.42 Å². The normalized spacial score (nSPS) is 22.4. The third-order valence-electron chi connectivity index (χ3n) is 6.46. The first-order valence-electron chi connectivity index (χ1n) is 10.4. The zero-order valence-corrected chi connectivity index (χ0v) is 20.0. The number of nitrogens with zero attached hydrogens (tertiary/aromatic N) is 2. The van der Waals surface area contributed by atoms with E-state index in [1.807, 2.05) is 18.3 Å². The highest BCUT2D eigenvalue weighted by atomic mass is 35.5. The standard InChI is InChI=1S/C21H31N3O2S2.ClH/c1-14-23-18(13-22-16-6-10-28(25,26)11-7-16)17-12-19(27-20(17)24-14)15-4-8-21(2,3)9-5-15;/h12,15-16,22H,4-11,13H2,1-3H3;1H. The summed E-state index contributed by atoms with van der Waals surface area (Å²) in [6, 6.07) is 2.58. The molecule has 8 heteroatoms. The van der Waals surface area contributed by atoms with Crippen LogP contribution in [0.15, 0.2) is 6.07 Å². The monoisotopic (exact) mass is 457 g/mol. The maximum atomic E-state index is 11.6. The highest BCUT2D eigenvalue weighted by molar-refractivity contribution is 7.91. The van der Waals surface area contributed by atoms with Crippen LogP contribution in [-0.2, 0) is 16.4 Å². The smallest absolute Gasteiger partial charge is 0.150 e. The van der Waals surface area contributed by atoms with Gasteiger partial charge in [-0.1, -0.05) is 13.8 Å². The first kappa shape index (κ1) is 22.9. The van der Waals surface area contributed by atoms with Gasteiger partial charge in [0.2, 0.25) is 0 Å². The molecule has 0 spiro atoms. The van der Waals surface area contributed by atoms with Gasteiger partial charge in [-0.3, -0.25) is 0 Å². The van der Waals surface area contributed by atoms with E-state index in [2.05, 4.69) is 25.2 Å². The maximum absolute atomic E-state index is 11.6. The van der Waals surface area contributed by atoms with E-state index in [0.717, 1.165) is 16.3 Å². The van der Waals surface area contributed by atoms with Crippen molar-refractivity contribution in [2.24, 2.45) is 5.41 Å². The Hall–Kier alpha value is -0.760. The van der Waals surface area contributed by atoms with Crippen molar-refractivity contribution in [2.75, 3.05) is 11.5 Å². The molecule has 1 aliphatic heterocycles. The fraction of sp³-hybridized carbons (Fsp3) is 0.714. The molecular formula is C21H32ClN3O2S2.